The van der Waals surface area contributed by atoms with Crippen molar-refractivity contribution in [3.8, 4) is 0 Å². The minimum absolute atomic E-state index is 0.0515. The number of rotatable bonds is 7. The van der Waals surface area contributed by atoms with E-state index in [0.29, 0.717) is 13.1 Å². The highest BCUT2D eigenvalue weighted by Crippen LogP contribution is 2.21. The summed E-state index contributed by atoms with van der Waals surface area (Å²) < 4.78 is 46.6. The molecular weight excluding hydrogens is 461 g/mol. The van der Waals surface area contributed by atoms with Crippen molar-refractivity contribution in [2.45, 2.75) is 29.6 Å². The zero-order valence-electron chi connectivity index (χ0n) is 18.6. The molecule has 0 radical (unpaired) electrons. The van der Waals surface area contributed by atoms with E-state index >= 15 is 0 Å². The molecular formula is C24H28FN3O5S. The van der Waals surface area contributed by atoms with Crippen LogP contribution in [0, 0.1) is 5.82 Å². The van der Waals surface area contributed by atoms with Gasteiger partial charge in [0.05, 0.1) is 30.1 Å². The number of nitrogens with one attached hydrogen (secondary N) is 1. The Bertz CT molecular complexity index is 1100. The smallest absolute Gasteiger partial charge is 0.241 e. The quantitative estimate of drug-likeness (QED) is 0.573. The van der Waals surface area contributed by atoms with Crippen LogP contribution in [-0.4, -0.2) is 75.4 Å². The molecule has 1 fully saturated rings. The summed E-state index contributed by atoms with van der Waals surface area (Å²) in [7, 11) is -3.94. The first-order valence-electron chi connectivity index (χ1n) is 11.2. The zero-order valence-corrected chi connectivity index (χ0v) is 19.4. The normalized spacial score (nSPS) is 23.2. The van der Waals surface area contributed by atoms with Crippen molar-refractivity contribution >= 4 is 21.6 Å². The first-order chi connectivity index (χ1) is 16.4. The van der Waals surface area contributed by atoms with Gasteiger partial charge in [-0.3, -0.25) is 4.79 Å². The number of carbonyl (C=O) groups excluding carboxylic acids is 1. The number of sulfonamides is 1. The average molecular weight is 490 g/mol. The van der Waals surface area contributed by atoms with Crippen LogP contribution in [0.1, 0.15) is 6.42 Å². The molecule has 1 saturated heterocycles. The van der Waals surface area contributed by atoms with Gasteiger partial charge in [0, 0.05) is 31.9 Å². The number of nitrogens with zero attached hydrogens (tertiary/aromatic N) is 2. The molecule has 10 heteroatoms. The highest BCUT2D eigenvalue weighted by atomic mass is 32.2. The fraction of sp³-hybridized carbons (Fsp3) is 0.375. The van der Waals surface area contributed by atoms with Gasteiger partial charge in [-0.1, -0.05) is 30.4 Å². The molecule has 0 bridgehead atoms. The van der Waals surface area contributed by atoms with Gasteiger partial charge in [-0.05, 0) is 36.4 Å². The van der Waals surface area contributed by atoms with E-state index in [9.17, 15) is 22.7 Å². The molecule has 182 valence electrons. The third kappa shape index (κ3) is 5.82. The molecule has 0 aliphatic carbocycles. The first kappa shape index (κ1) is 24.3. The predicted octanol–water partition coefficient (Wildman–Crippen LogP) is 1.53. The second-order valence-electron chi connectivity index (χ2n) is 8.29. The number of piperazine rings is 1. The number of ether oxygens (including phenoxy) is 1. The molecule has 2 N–H and O–H groups in total. The third-order valence-electron chi connectivity index (χ3n) is 6.01. The molecule has 2 heterocycles. The van der Waals surface area contributed by atoms with Gasteiger partial charge in [-0.15, -0.1) is 0 Å². The maximum absolute atomic E-state index is 13.1. The van der Waals surface area contributed by atoms with Crippen molar-refractivity contribution in [2.75, 3.05) is 37.7 Å². The van der Waals surface area contributed by atoms with Crippen molar-refractivity contribution in [3.63, 3.8) is 0 Å². The Morgan fingerprint density at radius 2 is 1.71 bits per heavy atom. The Morgan fingerprint density at radius 1 is 1.03 bits per heavy atom. The van der Waals surface area contributed by atoms with E-state index < -0.39 is 40.7 Å². The Labute approximate surface area is 198 Å². The topological polar surface area (TPSA) is 99.2 Å². The van der Waals surface area contributed by atoms with Crippen molar-refractivity contribution in [1.82, 2.24) is 9.62 Å². The summed E-state index contributed by atoms with van der Waals surface area (Å²) in [5, 5.41) is 9.76. The fourth-order valence-electron chi connectivity index (χ4n) is 4.13. The van der Waals surface area contributed by atoms with Crippen molar-refractivity contribution in [3.05, 3.63) is 72.6 Å². The van der Waals surface area contributed by atoms with Gasteiger partial charge in [0.2, 0.25) is 15.9 Å². The summed E-state index contributed by atoms with van der Waals surface area (Å²) in [6.07, 6.45) is 1.92. The summed E-state index contributed by atoms with van der Waals surface area (Å²) in [4.78, 5) is 16.8. The molecule has 1 amide bonds. The molecule has 2 aromatic rings. The number of benzene rings is 2. The Morgan fingerprint density at radius 3 is 2.35 bits per heavy atom. The molecule has 4 rings (SSSR count). The number of hydrogen-bond acceptors (Lipinski definition) is 6. The highest BCUT2D eigenvalue weighted by molar-refractivity contribution is 7.89. The second kappa shape index (κ2) is 10.6. The van der Waals surface area contributed by atoms with Gasteiger partial charge >= 0.3 is 0 Å². The van der Waals surface area contributed by atoms with Crippen LogP contribution in [0.4, 0.5) is 10.1 Å². The van der Waals surface area contributed by atoms with Crippen molar-refractivity contribution < 1.29 is 27.4 Å². The lowest BCUT2D eigenvalue weighted by molar-refractivity contribution is -0.135. The first-order valence-corrected chi connectivity index (χ1v) is 12.6. The minimum atomic E-state index is -3.94. The third-order valence-corrected chi connectivity index (χ3v) is 7.48. The lowest BCUT2D eigenvalue weighted by Gasteiger charge is -2.37. The van der Waals surface area contributed by atoms with Crippen LogP contribution in [-0.2, 0) is 19.6 Å². The fourth-order valence-corrected chi connectivity index (χ4v) is 5.34. The SMILES string of the molecule is O=C(C[C@@H]1C=C[C@@H](NS(=O)(=O)c2ccc(F)cc2)[C@H](CO)O1)N1CCN(c2ccccc2)CC1. The number of carbonyl (C=O) groups is 1. The summed E-state index contributed by atoms with van der Waals surface area (Å²) in [6, 6.07) is 13.7. The van der Waals surface area contributed by atoms with Crippen LogP contribution in [0.5, 0.6) is 0 Å². The predicted molar refractivity (Wildman–Crippen MR) is 125 cm³/mol. The standard InChI is InChI=1S/C24H28FN3O5S/c25-18-6-9-21(10-7-18)34(31,32)26-22-11-8-20(33-23(22)17-29)16-24(30)28-14-12-27(13-15-28)19-4-2-1-3-5-19/h1-11,20,22-23,26,29H,12-17H2/t20-,22+,23-/m0/s1. The molecule has 2 aliphatic heterocycles. The Balaban J connectivity index is 1.32. The van der Waals surface area contributed by atoms with E-state index in [1.807, 2.05) is 30.3 Å². The molecule has 0 unspecified atom stereocenters. The monoisotopic (exact) mass is 489 g/mol. The number of hydrogen-bond donors (Lipinski definition) is 2. The van der Waals surface area contributed by atoms with Gasteiger partial charge in [0.15, 0.2) is 0 Å². The number of aliphatic hydroxyl groups is 1. The average Bonchev–Trinajstić information content (AvgIpc) is 2.85. The lowest BCUT2D eigenvalue weighted by atomic mass is 10.1. The molecule has 8 nitrogen and oxygen atoms in total. The molecule has 2 aliphatic rings. The van der Waals surface area contributed by atoms with Crippen LogP contribution in [0.25, 0.3) is 0 Å². The van der Waals surface area contributed by atoms with Crippen LogP contribution < -0.4 is 9.62 Å². The van der Waals surface area contributed by atoms with Crippen molar-refractivity contribution in [1.29, 1.82) is 0 Å². The summed E-state index contributed by atoms with van der Waals surface area (Å²) in [5.74, 6) is -0.591. The maximum Gasteiger partial charge on any atom is 0.241 e. The number of anilines is 1. The molecule has 34 heavy (non-hydrogen) atoms. The highest BCUT2D eigenvalue weighted by Gasteiger charge is 2.32. The summed E-state index contributed by atoms with van der Waals surface area (Å²) in [6.45, 7) is 2.26. The van der Waals surface area contributed by atoms with Gasteiger partial charge in [0.1, 0.15) is 11.9 Å². The largest absolute Gasteiger partial charge is 0.394 e. The van der Waals surface area contributed by atoms with E-state index in [2.05, 4.69) is 9.62 Å². The Kier molecular flexibility index (Phi) is 7.62. The van der Waals surface area contributed by atoms with Crippen LogP contribution in [0.3, 0.4) is 0 Å². The number of para-hydroxylation sites is 1. The van der Waals surface area contributed by atoms with Crippen LogP contribution in [0.2, 0.25) is 0 Å². The Hall–Kier alpha value is -2.79. The van der Waals surface area contributed by atoms with E-state index in [-0.39, 0.29) is 17.2 Å². The lowest BCUT2D eigenvalue weighted by Crippen LogP contribution is -2.51. The second-order valence-corrected chi connectivity index (χ2v) is 10.0. The van der Waals surface area contributed by atoms with E-state index in [4.69, 9.17) is 4.74 Å². The van der Waals surface area contributed by atoms with Gasteiger partial charge in [-0.25, -0.2) is 17.5 Å². The van der Waals surface area contributed by atoms with Crippen LogP contribution >= 0.6 is 0 Å². The van der Waals surface area contributed by atoms with Crippen molar-refractivity contribution in [2.24, 2.45) is 0 Å². The maximum atomic E-state index is 13.1. The van der Waals surface area contributed by atoms with E-state index in [1.165, 1.54) is 0 Å². The van der Waals surface area contributed by atoms with E-state index in [0.717, 1.165) is 43.0 Å². The van der Waals surface area contributed by atoms with Gasteiger partial charge in [0.25, 0.3) is 0 Å². The van der Waals surface area contributed by atoms with E-state index in [1.54, 1.807) is 17.1 Å². The molecule has 3 atom stereocenters. The molecule has 0 saturated carbocycles. The summed E-state index contributed by atoms with van der Waals surface area (Å²) >= 11 is 0. The number of amides is 1. The minimum Gasteiger partial charge on any atom is -0.394 e. The molecule has 2 aromatic carbocycles. The number of halogens is 1. The molecule has 0 aromatic heterocycles. The number of aliphatic hydroxyl groups excluding tert-OH is 1. The van der Waals surface area contributed by atoms with Gasteiger partial charge < -0.3 is 19.6 Å². The van der Waals surface area contributed by atoms with Crippen LogP contribution in [0.15, 0.2) is 71.6 Å². The zero-order chi connectivity index (χ0) is 24.1. The molecule has 0 spiro atoms. The van der Waals surface area contributed by atoms with Gasteiger partial charge in [-0.2, -0.15) is 0 Å². The summed E-state index contributed by atoms with van der Waals surface area (Å²) in [5.41, 5.74) is 1.13.